The van der Waals surface area contributed by atoms with E-state index < -0.39 is 34.7 Å². The van der Waals surface area contributed by atoms with Gasteiger partial charge in [0.2, 0.25) is 0 Å². The van der Waals surface area contributed by atoms with Crippen molar-refractivity contribution in [3.05, 3.63) is 29.8 Å². The molecule has 3 rings (SSSR count). The Balaban J connectivity index is 1.81. The summed E-state index contributed by atoms with van der Waals surface area (Å²) in [6, 6.07) is 5.97. The van der Waals surface area contributed by atoms with Crippen molar-refractivity contribution in [2.75, 3.05) is 6.61 Å². The van der Waals surface area contributed by atoms with Crippen LogP contribution in [0, 0.1) is 6.92 Å². The van der Waals surface area contributed by atoms with Gasteiger partial charge in [-0.1, -0.05) is 31.5 Å². The normalized spacial score (nSPS) is 33.1. The summed E-state index contributed by atoms with van der Waals surface area (Å²) in [5.74, 6) is 0. The second-order valence-corrected chi connectivity index (χ2v) is 8.11. The molecule has 8 heteroatoms. The molecule has 2 bridgehead atoms. The zero-order chi connectivity index (χ0) is 17.5. The van der Waals surface area contributed by atoms with Crippen LogP contribution in [0.15, 0.2) is 29.2 Å². The largest absolute Gasteiger partial charge is 0.388 e. The average Bonchev–Trinajstić information content (AvgIpc) is 2.95. The highest BCUT2D eigenvalue weighted by Gasteiger charge is 2.52. The maximum Gasteiger partial charge on any atom is 0.297 e. The van der Waals surface area contributed by atoms with Gasteiger partial charge in [0, 0.05) is 6.04 Å². The molecule has 0 spiro atoms. The number of fused-ring (bicyclic) bond motifs is 2. The van der Waals surface area contributed by atoms with Crippen LogP contribution in [0.1, 0.15) is 19.4 Å². The fourth-order valence-corrected chi connectivity index (χ4v) is 4.06. The van der Waals surface area contributed by atoms with Crippen molar-refractivity contribution >= 4 is 10.1 Å². The summed E-state index contributed by atoms with van der Waals surface area (Å²) in [6.45, 7) is 6.03. The Kier molecular flexibility index (Phi) is 4.96. The van der Waals surface area contributed by atoms with Crippen molar-refractivity contribution in [3.63, 3.8) is 0 Å². The first-order valence-electron chi connectivity index (χ1n) is 7.99. The van der Waals surface area contributed by atoms with Crippen molar-refractivity contribution < 1.29 is 27.2 Å². The van der Waals surface area contributed by atoms with Gasteiger partial charge in [0.25, 0.3) is 10.1 Å². The molecule has 2 N–H and O–H groups in total. The van der Waals surface area contributed by atoms with E-state index in [0.717, 1.165) is 5.56 Å². The first-order valence-corrected chi connectivity index (χ1v) is 9.40. The van der Waals surface area contributed by atoms with Gasteiger partial charge in [-0.15, -0.1) is 0 Å². The number of ether oxygens (including phenoxy) is 2. The lowest BCUT2D eigenvalue weighted by Gasteiger charge is -2.38. The molecule has 0 aliphatic carbocycles. The Bertz CT molecular complexity index is 674. The fraction of sp³-hybridized carbons (Fsp3) is 0.625. The van der Waals surface area contributed by atoms with Crippen LogP contribution in [0.5, 0.6) is 0 Å². The van der Waals surface area contributed by atoms with Crippen LogP contribution in [0.25, 0.3) is 0 Å². The first-order chi connectivity index (χ1) is 11.3. The van der Waals surface area contributed by atoms with Gasteiger partial charge in [0.15, 0.2) is 12.4 Å². The highest BCUT2D eigenvalue weighted by Crippen LogP contribution is 2.32. The van der Waals surface area contributed by atoms with Crippen molar-refractivity contribution in [2.45, 2.75) is 62.4 Å². The van der Waals surface area contributed by atoms with E-state index in [1.807, 2.05) is 20.8 Å². The minimum Gasteiger partial charge on any atom is -0.388 e. The van der Waals surface area contributed by atoms with Gasteiger partial charge in [-0.25, -0.2) is 0 Å². The number of aliphatic hydroxyl groups excluding tert-OH is 1. The average molecular weight is 357 g/mol. The molecule has 2 saturated heterocycles. The van der Waals surface area contributed by atoms with Crippen LogP contribution in [0.2, 0.25) is 0 Å². The third-order valence-electron chi connectivity index (χ3n) is 4.18. The summed E-state index contributed by atoms with van der Waals surface area (Å²) in [7, 11) is -4.03. The third kappa shape index (κ3) is 3.49. The van der Waals surface area contributed by atoms with Crippen LogP contribution >= 0.6 is 0 Å². The monoisotopic (exact) mass is 357 g/mol. The van der Waals surface area contributed by atoms with Gasteiger partial charge in [-0.3, -0.25) is 4.18 Å². The molecule has 2 aliphatic rings. The highest BCUT2D eigenvalue weighted by atomic mass is 32.2. The van der Waals surface area contributed by atoms with E-state index in [4.69, 9.17) is 13.7 Å². The molecule has 1 aromatic carbocycles. The number of nitrogens with one attached hydrogen (secondary N) is 1. The molecule has 0 saturated carbocycles. The molecule has 0 radical (unpaired) electrons. The van der Waals surface area contributed by atoms with Crippen LogP contribution in [0.3, 0.4) is 0 Å². The van der Waals surface area contributed by atoms with Crippen LogP contribution in [-0.4, -0.2) is 56.8 Å². The molecule has 5 atom stereocenters. The predicted molar refractivity (Wildman–Crippen MR) is 85.9 cm³/mol. The van der Waals surface area contributed by atoms with Gasteiger partial charge in [0.1, 0.15) is 12.2 Å². The van der Waals surface area contributed by atoms with Crippen molar-refractivity contribution in [2.24, 2.45) is 0 Å². The fourth-order valence-electron chi connectivity index (χ4n) is 2.99. The minimum atomic E-state index is -4.03. The zero-order valence-electron chi connectivity index (χ0n) is 13.9. The molecule has 134 valence electrons. The molecule has 0 amide bonds. The molecule has 0 unspecified atom stereocenters. The number of rotatable bonds is 5. The second kappa shape index (κ2) is 6.70. The maximum atomic E-state index is 12.5. The van der Waals surface area contributed by atoms with Crippen molar-refractivity contribution in [1.29, 1.82) is 0 Å². The van der Waals surface area contributed by atoms with Crippen LogP contribution in [0.4, 0.5) is 0 Å². The van der Waals surface area contributed by atoms with Gasteiger partial charge >= 0.3 is 0 Å². The van der Waals surface area contributed by atoms with Crippen molar-refractivity contribution in [3.8, 4) is 0 Å². The number of hydrogen-bond acceptors (Lipinski definition) is 7. The van der Waals surface area contributed by atoms with E-state index in [-0.39, 0.29) is 23.6 Å². The van der Waals surface area contributed by atoms with Crippen molar-refractivity contribution in [1.82, 2.24) is 5.32 Å². The van der Waals surface area contributed by atoms with E-state index in [1.54, 1.807) is 12.1 Å². The van der Waals surface area contributed by atoms with E-state index in [2.05, 4.69) is 5.32 Å². The van der Waals surface area contributed by atoms with Gasteiger partial charge in [-0.2, -0.15) is 8.42 Å². The lowest BCUT2D eigenvalue weighted by atomic mass is 9.97. The molecular weight excluding hydrogens is 334 g/mol. The van der Waals surface area contributed by atoms with E-state index >= 15 is 0 Å². The van der Waals surface area contributed by atoms with Crippen LogP contribution < -0.4 is 5.32 Å². The predicted octanol–water partition coefficient (Wildman–Crippen LogP) is 0.552. The number of aliphatic hydroxyl groups is 1. The summed E-state index contributed by atoms with van der Waals surface area (Å²) < 4.78 is 41.4. The molecule has 2 fully saturated rings. The lowest BCUT2D eigenvalue weighted by Crippen LogP contribution is -2.61. The van der Waals surface area contributed by atoms with E-state index in [0.29, 0.717) is 0 Å². The van der Waals surface area contributed by atoms with Gasteiger partial charge in [0.05, 0.1) is 17.5 Å². The summed E-state index contributed by atoms with van der Waals surface area (Å²) >= 11 is 0. The molecule has 2 aliphatic heterocycles. The standard InChI is InChI=1S/C16H23NO6S/c1-9(2)17-13-12-8-21-16(22-12)15(14(13)18)23-24(19,20)11-6-4-10(3)5-7-11/h4-7,9,12-18H,8H2,1-3H3/t12-,13-,14-,15-,16-/m0/s1. The SMILES string of the molecule is Cc1ccc(S(=O)(=O)O[C@@H]2[C@H]3OC[C@H](O3)[C@H](NC(C)C)[C@@H]2O)cc1. The molecule has 24 heavy (non-hydrogen) atoms. The number of benzene rings is 1. The third-order valence-corrected chi connectivity index (χ3v) is 5.51. The quantitative estimate of drug-likeness (QED) is 0.743. The Labute approximate surface area is 142 Å². The molecule has 2 heterocycles. The number of hydrogen-bond donors (Lipinski definition) is 2. The number of aryl methyl sites for hydroxylation is 1. The Morgan fingerprint density at radius 2 is 1.96 bits per heavy atom. The van der Waals surface area contributed by atoms with Gasteiger partial charge in [-0.05, 0) is 19.1 Å². The maximum absolute atomic E-state index is 12.5. The Morgan fingerprint density at radius 1 is 1.29 bits per heavy atom. The second-order valence-electron chi connectivity index (χ2n) is 6.54. The van der Waals surface area contributed by atoms with E-state index in [9.17, 15) is 13.5 Å². The Morgan fingerprint density at radius 3 is 2.58 bits per heavy atom. The highest BCUT2D eigenvalue weighted by molar-refractivity contribution is 7.86. The summed E-state index contributed by atoms with van der Waals surface area (Å²) in [5, 5.41) is 13.8. The van der Waals surface area contributed by atoms with E-state index in [1.165, 1.54) is 12.1 Å². The lowest BCUT2D eigenvalue weighted by molar-refractivity contribution is -0.193. The Hall–Kier alpha value is -1.03. The zero-order valence-corrected chi connectivity index (χ0v) is 14.7. The molecular formula is C16H23NO6S. The summed E-state index contributed by atoms with van der Waals surface area (Å²) in [4.78, 5) is 0.0359. The summed E-state index contributed by atoms with van der Waals surface area (Å²) in [6.07, 6.45) is -3.39. The first kappa shape index (κ1) is 17.8. The molecule has 0 aromatic heterocycles. The summed E-state index contributed by atoms with van der Waals surface area (Å²) in [5.41, 5.74) is 0.943. The molecule has 7 nitrogen and oxygen atoms in total. The minimum absolute atomic E-state index is 0.0359. The topological polar surface area (TPSA) is 94.1 Å². The molecule has 1 aromatic rings. The smallest absolute Gasteiger partial charge is 0.297 e. The van der Waals surface area contributed by atoms with Gasteiger partial charge < -0.3 is 19.9 Å². The van der Waals surface area contributed by atoms with Crippen LogP contribution in [-0.2, 0) is 23.8 Å².